The SMILES string of the molecule is CN[C@H]1CCCC[C@H]1N1CCOCC1. The average molecular weight is 198 g/mol. The lowest BCUT2D eigenvalue weighted by Gasteiger charge is -2.41. The molecule has 2 aliphatic rings. The molecule has 0 aromatic rings. The van der Waals surface area contributed by atoms with E-state index in [0.29, 0.717) is 6.04 Å². The van der Waals surface area contributed by atoms with Crippen molar-refractivity contribution in [3.8, 4) is 0 Å². The number of likely N-dealkylation sites (N-methyl/N-ethyl adjacent to an activating group) is 1. The fraction of sp³-hybridized carbons (Fsp3) is 1.00. The highest BCUT2D eigenvalue weighted by Gasteiger charge is 2.29. The Morgan fingerprint density at radius 3 is 2.57 bits per heavy atom. The van der Waals surface area contributed by atoms with Crippen molar-refractivity contribution in [2.45, 2.75) is 37.8 Å². The van der Waals surface area contributed by atoms with Crippen LogP contribution in [0.4, 0.5) is 0 Å². The number of hydrogen-bond donors (Lipinski definition) is 1. The van der Waals surface area contributed by atoms with E-state index in [1.54, 1.807) is 0 Å². The molecule has 0 spiro atoms. The number of morpholine rings is 1. The van der Waals surface area contributed by atoms with Crippen molar-refractivity contribution in [3.05, 3.63) is 0 Å². The zero-order chi connectivity index (χ0) is 9.80. The molecule has 0 radical (unpaired) electrons. The van der Waals surface area contributed by atoms with Gasteiger partial charge in [0.1, 0.15) is 0 Å². The molecular formula is C11H22N2O. The Balaban J connectivity index is 1.91. The summed E-state index contributed by atoms with van der Waals surface area (Å²) < 4.78 is 5.40. The highest BCUT2D eigenvalue weighted by atomic mass is 16.5. The molecule has 0 aromatic carbocycles. The first-order valence-corrected chi connectivity index (χ1v) is 5.91. The summed E-state index contributed by atoms with van der Waals surface area (Å²) in [6.45, 7) is 4.10. The standard InChI is InChI=1S/C11H22N2O/c1-12-10-4-2-3-5-11(10)13-6-8-14-9-7-13/h10-12H,2-9H2,1H3/t10-,11+/m0/s1. The fourth-order valence-electron chi connectivity index (χ4n) is 2.79. The number of nitrogens with zero attached hydrogens (tertiary/aromatic N) is 1. The second-order valence-corrected chi connectivity index (χ2v) is 4.40. The highest BCUT2D eigenvalue weighted by molar-refractivity contribution is 4.88. The molecule has 1 saturated carbocycles. The molecule has 3 heteroatoms. The molecular weight excluding hydrogens is 176 g/mol. The van der Waals surface area contributed by atoms with E-state index in [1.165, 1.54) is 25.7 Å². The predicted molar refractivity (Wildman–Crippen MR) is 57.5 cm³/mol. The van der Waals surface area contributed by atoms with E-state index in [9.17, 15) is 0 Å². The predicted octanol–water partition coefficient (Wildman–Crippen LogP) is 0.849. The quantitative estimate of drug-likeness (QED) is 0.712. The Hall–Kier alpha value is -0.120. The van der Waals surface area contributed by atoms with E-state index >= 15 is 0 Å². The summed E-state index contributed by atoms with van der Waals surface area (Å²) in [7, 11) is 2.10. The van der Waals surface area contributed by atoms with Crippen LogP contribution in [0.3, 0.4) is 0 Å². The van der Waals surface area contributed by atoms with Gasteiger partial charge < -0.3 is 10.1 Å². The van der Waals surface area contributed by atoms with E-state index in [-0.39, 0.29) is 0 Å². The summed E-state index contributed by atoms with van der Waals surface area (Å²) in [6, 6.07) is 1.47. The van der Waals surface area contributed by atoms with E-state index in [0.717, 1.165) is 32.3 Å². The molecule has 2 atom stereocenters. The van der Waals surface area contributed by atoms with Gasteiger partial charge >= 0.3 is 0 Å². The first kappa shape index (κ1) is 10.4. The molecule has 1 heterocycles. The van der Waals surface area contributed by atoms with Crippen LogP contribution < -0.4 is 5.32 Å². The van der Waals surface area contributed by atoms with E-state index < -0.39 is 0 Å². The number of hydrogen-bond acceptors (Lipinski definition) is 3. The lowest BCUT2D eigenvalue weighted by atomic mass is 9.89. The van der Waals surface area contributed by atoms with Crippen molar-refractivity contribution in [2.75, 3.05) is 33.4 Å². The number of rotatable bonds is 2. The van der Waals surface area contributed by atoms with Crippen molar-refractivity contribution in [2.24, 2.45) is 0 Å². The molecule has 0 aromatic heterocycles. The number of nitrogens with one attached hydrogen (secondary N) is 1. The van der Waals surface area contributed by atoms with E-state index in [1.807, 2.05) is 0 Å². The molecule has 1 aliphatic carbocycles. The Bertz CT molecular complexity index is 169. The molecule has 1 N–H and O–H groups in total. The highest BCUT2D eigenvalue weighted by Crippen LogP contribution is 2.23. The Kier molecular flexibility index (Phi) is 3.79. The van der Waals surface area contributed by atoms with Crippen LogP contribution >= 0.6 is 0 Å². The second kappa shape index (κ2) is 5.10. The first-order valence-electron chi connectivity index (χ1n) is 5.91. The maximum Gasteiger partial charge on any atom is 0.0594 e. The minimum atomic E-state index is 0.710. The molecule has 2 fully saturated rings. The van der Waals surface area contributed by atoms with Gasteiger partial charge in [-0.05, 0) is 19.9 Å². The zero-order valence-electron chi connectivity index (χ0n) is 9.17. The largest absolute Gasteiger partial charge is 0.379 e. The lowest BCUT2D eigenvalue weighted by molar-refractivity contribution is 0.000551. The van der Waals surface area contributed by atoms with Crippen LogP contribution in [-0.2, 0) is 4.74 Å². The third-order valence-electron chi connectivity index (χ3n) is 3.61. The van der Waals surface area contributed by atoms with Gasteiger partial charge in [-0.3, -0.25) is 4.90 Å². The maximum atomic E-state index is 5.40. The first-order chi connectivity index (χ1) is 6.92. The third-order valence-corrected chi connectivity index (χ3v) is 3.61. The zero-order valence-corrected chi connectivity index (χ0v) is 9.17. The van der Waals surface area contributed by atoms with Crippen LogP contribution in [0.15, 0.2) is 0 Å². The van der Waals surface area contributed by atoms with Crippen LogP contribution in [0.2, 0.25) is 0 Å². The van der Waals surface area contributed by atoms with Crippen LogP contribution in [0.5, 0.6) is 0 Å². The third kappa shape index (κ3) is 2.27. The van der Waals surface area contributed by atoms with Crippen molar-refractivity contribution in [1.82, 2.24) is 10.2 Å². The summed E-state index contributed by atoms with van der Waals surface area (Å²) in [5, 5.41) is 3.47. The lowest BCUT2D eigenvalue weighted by Crippen LogP contribution is -2.54. The minimum absolute atomic E-state index is 0.710. The van der Waals surface area contributed by atoms with Crippen LogP contribution in [0.1, 0.15) is 25.7 Å². The Morgan fingerprint density at radius 2 is 1.86 bits per heavy atom. The molecule has 0 bridgehead atoms. The maximum absolute atomic E-state index is 5.40. The summed E-state index contributed by atoms with van der Waals surface area (Å²) in [4.78, 5) is 2.61. The van der Waals surface area contributed by atoms with Gasteiger partial charge in [-0.15, -0.1) is 0 Å². The molecule has 3 nitrogen and oxygen atoms in total. The van der Waals surface area contributed by atoms with Gasteiger partial charge in [0.15, 0.2) is 0 Å². The Morgan fingerprint density at radius 1 is 1.14 bits per heavy atom. The van der Waals surface area contributed by atoms with Gasteiger partial charge in [0.2, 0.25) is 0 Å². The Labute approximate surface area is 86.8 Å². The second-order valence-electron chi connectivity index (χ2n) is 4.40. The molecule has 0 amide bonds. The van der Waals surface area contributed by atoms with Gasteiger partial charge in [-0.2, -0.15) is 0 Å². The van der Waals surface area contributed by atoms with Gasteiger partial charge in [0.25, 0.3) is 0 Å². The number of ether oxygens (including phenoxy) is 1. The van der Waals surface area contributed by atoms with Crippen molar-refractivity contribution in [1.29, 1.82) is 0 Å². The van der Waals surface area contributed by atoms with Crippen LogP contribution in [0.25, 0.3) is 0 Å². The fourth-order valence-corrected chi connectivity index (χ4v) is 2.79. The summed E-state index contributed by atoms with van der Waals surface area (Å²) in [6.07, 6.45) is 5.51. The van der Waals surface area contributed by atoms with Gasteiger partial charge in [-0.25, -0.2) is 0 Å². The summed E-state index contributed by atoms with van der Waals surface area (Å²) in [5.74, 6) is 0. The van der Waals surface area contributed by atoms with Crippen LogP contribution in [-0.4, -0.2) is 50.3 Å². The van der Waals surface area contributed by atoms with Crippen molar-refractivity contribution in [3.63, 3.8) is 0 Å². The molecule has 1 saturated heterocycles. The van der Waals surface area contributed by atoms with Crippen molar-refractivity contribution < 1.29 is 4.74 Å². The van der Waals surface area contributed by atoms with Gasteiger partial charge in [0.05, 0.1) is 13.2 Å². The molecule has 14 heavy (non-hydrogen) atoms. The van der Waals surface area contributed by atoms with Crippen molar-refractivity contribution >= 4 is 0 Å². The molecule has 0 unspecified atom stereocenters. The normalized spacial score (nSPS) is 35.8. The van der Waals surface area contributed by atoms with Crippen LogP contribution in [0, 0.1) is 0 Å². The minimum Gasteiger partial charge on any atom is -0.379 e. The van der Waals surface area contributed by atoms with Gasteiger partial charge in [-0.1, -0.05) is 12.8 Å². The molecule has 82 valence electrons. The molecule has 2 rings (SSSR count). The topological polar surface area (TPSA) is 24.5 Å². The average Bonchev–Trinajstić information content (AvgIpc) is 2.30. The van der Waals surface area contributed by atoms with E-state index in [2.05, 4.69) is 17.3 Å². The smallest absolute Gasteiger partial charge is 0.0594 e. The van der Waals surface area contributed by atoms with E-state index in [4.69, 9.17) is 4.74 Å². The summed E-state index contributed by atoms with van der Waals surface area (Å²) in [5.41, 5.74) is 0. The molecule has 1 aliphatic heterocycles. The van der Waals surface area contributed by atoms with Gasteiger partial charge in [0, 0.05) is 25.2 Å². The monoisotopic (exact) mass is 198 g/mol. The summed E-state index contributed by atoms with van der Waals surface area (Å²) >= 11 is 0.